The molecule has 3 nitrogen and oxygen atoms in total. The minimum Gasteiger partial charge on any atom is -0.383 e. The average molecular weight is 262 g/mol. The third-order valence-corrected chi connectivity index (χ3v) is 3.90. The molecule has 0 saturated carbocycles. The Morgan fingerprint density at radius 1 is 1.42 bits per heavy atom. The lowest BCUT2D eigenvalue weighted by atomic mass is 10.1. The molecular weight excluding hydrogens is 236 g/mol. The fourth-order valence-electron chi connectivity index (χ4n) is 2.82. The minimum atomic E-state index is 0.667. The zero-order valence-electron chi connectivity index (χ0n) is 12.4. The van der Waals surface area contributed by atoms with Gasteiger partial charge in [0.25, 0.3) is 0 Å². The van der Waals surface area contributed by atoms with Gasteiger partial charge in [-0.3, -0.25) is 0 Å². The van der Waals surface area contributed by atoms with Crippen LogP contribution in [-0.4, -0.2) is 32.8 Å². The molecule has 1 aromatic carbocycles. The molecule has 1 heterocycles. The number of ether oxygens (including phenoxy) is 1. The van der Waals surface area contributed by atoms with E-state index in [4.69, 9.17) is 4.74 Å². The molecule has 0 aromatic heterocycles. The molecule has 1 fully saturated rings. The molecule has 1 unspecified atom stereocenters. The van der Waals surface area contributed by atoms with Crippen molar-refractivity contribution < 1.29 is 4.74 Å². The van der Waals surface area contributed by atoms with E-state index in [-0.39, 0.29) is 0 Å². The number of benzene rings is 1. The van der Waals surface area contributed by atoms with Gasteiger partial charge in [0.1, 0.15) is 0 Å². The van der Waals surface area contributed by atoms with Gasteiger partial charge < -0.3 is 15.0 Å². The van der Waals surface area contributed by atoms with Crippen molar-refractivity contribution in [3.63, 3.8) is 0 Å². The zero-order valence-corrected chi connectivity index (χ0v) is 12.4. The molecule has 1 saturated heterocycles. The van der Waals surface area contributed by atoms with E-state index in [1.807, 2.05) is 0 Å². The lowest BCUT2D eigenvalue weighted by molar-refractivity contribution is 0.199. The van der Waals surface area contributed by atoms with Gasteiger partial charge in [0.15, 0.2) is 0 Å². The van der Waals surface area contributed by atoms with Crippen LogP contribution in [0.2, 0.25) is 0 Å². The normalized spacial score (nSPS) is 19.1. The molecule has 0 bridgehead atoms. The monoisotopic (exact) mass is 262 g/mol. The van der Waals surface area contributed by atoms with Gasteiger partial charge >= 0.3 is 0 Å². The third-order valence-electron chi connectivity index (χ3n) is 3.90. The Balaban J connectivity index is 2.08. The number of rotatable bonds is 6. The van der Waals surface area contributed by atoms with Crippen LogP contribution in [0.5, 0.6) is 0 Å². The standard InChI is InChI=1S/C16H26N2O/c1-13-6-7-16(18-9-4-5-14(18)2)15(11-13)12-17-8-10-19-3/h6-7,11,14,17H,4-5,8-10,12H2,1-3H3. The first kappa shape index (κ1) is 14.4. The number of nitrogens with zero attached hydrogens (tertiary/aromatic N) is 1. The second-order valence-electron chi connectivity index (χ2n) is 5.49. The number of aryl methyl sites for hydroxylation is 1. The van der Waals surface area contributed by atoms with Gasteiger partial charge in [-0.25, -0.2) is 0 Å². The Morgan fingerprint density at radius 3 is 2.95 bits per heavy atom. The summed E-state index contributed by atoms with van der Waals surface area (Å²) in [4.78, 5) is 2.55. The van der Waals surface area contributed by atoms with Gasteiger partial charge in [-0.15, -0.1) is 0 Å². The van der Waals surface area contributed by atoms with E-state index in [9.17, 15) is 0 Å². The maximum Gasteiger partial charge on any atom is 0.0587 e. The highest BCUT2D eigenvalue weighted by atomic mass is 16.5. The van der Waals surface area contributed by atoms with Crippen molar-refractivity contribution in [1.82, 2.24) is 5.32 Å². The fourth-order valence-corrected chi connectivity index (χ4v) is 2.82. The largest absolute Gasteiger partial charge is 0.383 e. The van der Waals surface area contributed by atoms with Crippen molar-refractivity contribution in [2.75, 3.05) is 31.7 Å². The minimum absolute atomic E-state index is 0.667. The van der Waals surface area contributed by atoms with E-state index in [2.05, 4.69) is 42.3 Å². The van der Waals surface area contributed by atoms with Crippen molar-refractivity contribution >= 4 is 5.69 Å². The molecule has 1 aliphatic rings. The Morgan fingerprint density at radius 2 is 2.26 bits per heavy atom. The Hall–Kier alpha value is -1.06. The summed E-state index contributed by atoms with van der Waals surface area (Å²) in [6.07, 6.45) is 2.62. The van der Waals surface area contributed by atoms with Gasteiger partial charge in [0.05, 0.1) is 6.61 Å². The van der Waals surface area contributed by atoms with Crippen LogP contribution >= 0.6 is 0 Å². The van der Waals surface area contributed by atoms with Gasteiger partial charge in [-0.2, -0.15) is 0 Å². The lowest BCUT2D eigenvalue weighted by Gasteiger charge is -2.27. The Kier molecular flexibility index (Phi) is 5.23. The molecule has 19 heavy (non-hydrogen) atoms. The molecule has 1 aromatic rings. The first-order valence-corrected chi connectivity index (χ1v) is 7.28. The SMILES string of the molecule is COCCNCc1cc(C)ccc1N1CCCC1C. The third kappa shape index (κ3) is 3.71. The zero-order chi connectivity index (χ0) is 13.7. The van der Waals surface area contributed by atoms with E-state index >= 15 is 0 Å². The number of nitrogens with one attached hydrogen (secondary N) is 1. The molecule has 106 valence electrons. The van der Waals surface area contributed by atoms with E-state index in [0.29, 0.717) is 6.04 Å². The second-order valence-corrected chi connectivity index (χ2v) is 5.49. The maximum absolute atomic E-state index is 5.08. The summed E-state index contributed by atoms with van der Waals surface area (Å²) in [5.41, 5.74) is 4.14. The lowest BCUT2D eigenvalue weighted by Crippen LogP contribution is -2.28. The topological polar surface area (TPSA) is 24.5 Å². The van der Waals surface area contributed by atoms with E-state index in [1.54, 1.807) is 7.11 Å². The Labute approximate surface area is 116 Å². The highest BCUT2D eigenvalue weighted by molar-refractivity contribution is 5.56. The maximum atomic E-state index is 5.08. The summed E-state index contributed by atoms with van der Waals surface area (Å²) >= 11 is 0. The molecule has 3 heteroatoms. The molecular formula is C16H26N2O. The van der Waals surface area contributed by atoms with E-state index in [1.165, 1.54) is 36.2 Å². The Bertz CT molecular complexity index is 406. The molecule has 0 amide bonds. The number of anilines is 1. The predicted molar refractivity (Wildman–Crippen MR) is 80.8 cm³/mol. The number of hydrogen-bond donors (Lipinski definition) is 1. The number of hydrogen-bond acceptors (Lipinski definition) is 3. The van der Waals surface area contributed by atoms with Crippen molar-refractivity contribution in [2.24, 2.45) is 0 Å². The molecule has 1 aliphatic heterocycles. The molecule has 1 atom stereocenters. The van der Waals surface area contributed by atoms with Gasteiger partial charge in [-0.05, 0) is 38.3 Å². The van der Waals surface area contributed by atoms with Crippen LogP contribution in [0.3, 0.4) is 0 Å². The highest BCUT2D eigenvalue weighted by Crippen LogP contribution is 2.29. The molecule has 0 aliphatic carbocycles. The molecule has 0 spiro atoms. The first-order valence-electron chi connectivity index (χ1n) is 7.28. The second kappa shape index (κ2) is 6.92. The quantitative estimate of drug-likeness (QED) is 0.798. The fraction of sp³-hybridized carbons (Fsp3) is 0.625. The van der Waals surface area contributed by atoms with Crippen LogP contribution in [0.15, 0.2) is 18.2 Å². The van der Waals surface area contributed by atoms with Crippen LogP contribution in [0.4, 0.5) is 5.69 Å². The highest BCUT2D eigenvalue weighted by Gasteiger charge is 2.22. The summed E-state index contributed by atoms with van der Waals surface area (Å²) in [6.45, 7) is 8.27. The first-order chi connectivity index (χ1) is 9.22. The summed E-state index contributed by atoms with van der Waals surface area (Å²) in [7, 11) is 1.74. The van der Waals surface area contributed by atoms with Crippen LogP contribution in [0.25, 0.3) is 0 Å². The smallest absolute Gasteiger partial charge is 0.0587 e. The van der Waals surface area contributed by atoms with Crippen LogP contribution in [0, 0.1) is 6.92 Å². The molecule has 1 N–H and O–H groups in total. The average Bonchev–Trinajstić information content (AvgIpc) is 2.81. The summed E-state index contributed by atoms with van der Waals surface area (Å²) in [5.74, 6) is 0. The summed E-state index contributed by atoms with van der Waals surface area (Å²) in [5, 5.41) is 3.46. The van der Waals surface area contributed by atoms with Gasteiger partial charge in [0.2, 0.25) is 0 Å². The van der Waals surface area contributed by atoms with Crippen LogP contribution in [-0.2, 0) is 11.3 Å². The number of methoxy groups -OCH3 is 1. The van der Waals surface area contributed by atoms with Crippen molar-refractivity contribution in [1.29, 1.82) is 0 Å². The van der Waals surface area contributed by atoms with Crippen molar-refractivity contribution in [3.8, 4) is 0 Å². The van der Waals surface area contributed by atoms with Gasteiger partial charge in [-0.1, -0.05) is 17.7 Å². The predicted octanol–water partition coefficient (Wildman–Crippen LogP) is 2.72. The van der Waals surface area contributed by atoms with Gasteiger partial charge in [0, 0.05) is 38.5 Å². The molecule has 2 rings (SSSR count). The van der Waals surface area contributed by atoms with Crippen LogP contribution < -0.4 is 10.2 Å². The summed E-state index contributed by atoms with van der Waals surface area (Å²) < 4.78 is 5.08. The van der Waals surface area contributed by atoms with Crippen LogP contribution in [0.1, 0.15) is 30.9 Å². The van der Waals surface area contributed by atoms with E-state index < -0.39 is 0 Å². The van der Waals surface area contributed by atoms with Crippen molar-refractivity contribution in [3.05, 3.63) is 29.3 Å². The summed E-state index contributed by atoms with van der Waals surface area (Å²) in [6, 6.07) is 7.48. The van der Waals surface area contributed by atoms with Crippen molar-refractivity contribution in [2.45, 2.75) is 39.3 Å². The van der Waals surface area contributed by atoms with E-state index in [0.717, 1.165) is 19.7 Å². The molecule has 0 radical (unpaired) electrons.